The quantitative estimate of drug-likeness (QED) is 0.736. The van der Waals surface area contributed by atoms with E-state index in [9.17, 15) is 9.59 Å². The predicted octanol–water partition coefficient (Wildman–Crippen LogP) is 4.70. The van der Waals surface area contributed by atoms with Gasteiger partial charge in [0.05, 0.1) is 0 Å². The number of hydrogen-bond acceptors (Lipinski definition) is 2. The lowest BCUT2D eigenvalue weighted by Crippen LogP contribution is -2.26. The van der Waals surface area contributed by atoms with Crippen molar-refractivity contribution in [2.24, 2.45) is 0 Å². The molecule has 0 unspecified atom stereocenters. The fourth-order valence-electron chi connectivity index (χ4n) is 2.12. The lowest BCUT2D eigenvalue weighted by molar-refractivity contribution is -0.112. The molecule has 0 N–H and O–H groups in total. The molecule has 0 aliphatic heterocycles. The zero-order valence-corrected chi connectivity index (χ0v) is 15.6. The second-order valence-corrected chi connectivity index (χ2v) is 8.61. The van der Waals surface area contributed by atoms with Gasteiger partial charge in [-0.15, -0.1) is 0 Å². The summed E-state index contributed by atoms with van der Waals surface area (Å²) in [5.74, 6) is 0. The molecule has 0 aromatic heterocycles. The van der Waals surface area contributed by atoms with Crippen LogP contribution in [0.1, 0.15) is 65.2 Å². The molecule has 0 spiro atoms. The Bertz CT molecular complexity index is 522. The van der Waals surface area contributed by atoms with Gasteiger partial charge in [-0.25, -0.2) is 0 Å². The fraction of sp³-hybridized carbons (Fsp3) is 0.556. The van der Waals surface area contributed by atoms with Gasteiger partial charge in [0.2, 0.25) is 0 Å². The molecule has 0 saturated heterocycles. The third-order valence-corrected chi connectivity index (χ3v) is 4.77. The minimum absolute atomic E-state index is 0.0534. The number of benzene rings is 1. The van der Waals surface area contributed by atoms with Crippen LogP contribution in [0, 0.1) is 0 Å². The monoisotopic (exact) mass is 352 g/mol. The Hall–Kier alpha value is -0.960. The zero-order valence-electron chi connectivity index (χ0n) is 14.0. The van der Waals surface area contributed by atoms with Crippen molar-refractivity contribution in [2.75, 3.05) is 0 Å². The molecule has 0 radical (unpaired) electrons. The van der Waals surface area contributed by atoms with Gasteiger partial charge in [-0.3, -0.25) is 0 Å². The molecule has 21 heavy (non-hydrogen) atoms. The largest absolute Gasteiger partial charge is 0.302 e. The summed E-state index contributed by atoms with van der Waals surface area (Å²) in [6, 6.07) is 4.14. The minimum atomic E-state index is -0.603. The first kappa shape index (κ1) is 18.1. The van der Waals surface area contributed by atoms with Crippen LogP contribution in [0.25, 0.3) is 0 Å². The first-order valence-electron chi connectivity index (χ1n) is 7.14. The molecule has 1 rings (SSSR count). The Labute approximate surface area is 136 Å². The molecule has 116 valence electrons. The topological polar surface area (TPSA) is 34.1 Å². The van der Waals surface area contributed by atoms with Crippen molar-refractivity contribution in [3.8, 4) is 0 Å². The average Bonchev–Trinajstić information content (AvgIpc) is 2.37. The standard InChI is InChI=1S/C18H25BrO2/c1-16(2,3)12-8-13(17(4,5)10-20)15(19)14(9-12)18(6,7)11-21/h8-11H,1-7H3. The third kappa shape index (κ3) is 3.63. The lowest BCUT2D eigenvalue weighted by atomic mass is 9.75. The van der Waals surface area contributed by atoms with Crippen molar-refractivity contribution in [3.63, 3.8) is 0 Å². The summed E-state index contributed by atoms with van der Waals surface area (Å²) in [6.07, 6.45) is 1.91. The van der Waals surface area contributed by atoms with Crippen LogP contribution in [0.5, 0.6) is 0 Å². The molecule has 0 aliphatic carbocycles. The van der Waals surface area contributed by atoms with E-state index in [2.05, 4.69) is 48.8 Å². The van der Waals surface area contributed by atoms with Crippen LogP contribution >= 0.6 is 15.9 Å². The summed E-state index contributed by atoms with van der Waals surface area (Å²) in [5.41, 5.74) is 1.72. The Morgan fingerprint density at radius 1 is 0.810 bits per heavy atom. The van der Waals surface area contributed by atoms with Crippen LogP contribution in [0.4, 0.5) is 0 Å². The molecule has 0 saturated carbocycles. The lowest BCUT2D eigenvalue weighted by Gasteiger charge is -2.30. The highest BCUT2D eigenvalue weighted by Crippen LogP contribution is 2.40. The molecule has 0 amide bonds. The summed E-state index contributed by atoms with van der Waals surface area (Å²) in [7, 11) is 0. The smallest absolute Gasteiger partial charge is 0.130 e. The van der Waals surface area contributed by atoms with Gasteiger partial charge >= 0.3 is 0 Å². The minimum Gasteiger partial charge on any atom is -0.302 e. The SMILES string of the molecule is CC(C)(C)c1cc(C(C)(C)C=O)c(Br)c(C(C)(C)C=O)c1. The maximum Gasteiger partial charge on any atom is 0.130 e. The Morgan fingerprint density at radius 2 is 1.14 bits per heavy atom. The first-order chi connectivity index (χ1) is 9.36. The predicted molar refractivity (Wildman–Crippen MR) is 91.0 cm³/mol. The van der Waals surface area contributed by atoms with Gasteiger partial charge in [0.1, 0.15) is 12.6 Å². The first-order valence-corrected chi connectivity index (χ1v) is 7.94. The number of hydrogen-bond donors (Lipinski definition) is 0. The van der Waals surface area contributed by atoms with E-state index in [0.29, 0.717) is 0 Å². The Balaban J connectivity index is 3.79. The van der Waals surface area contributed by atoms with Crippen molar-refractivity contribution >= 4 is 28.5 Å². The Kier molecular flexibility index (Phi) is 4.89. The molecule has 0 heterocycles. The van der Waals surface area contributed by atoms with Crippen LogP contribution in [-0.4, -0.2) is 12.6 Å². The van der Waals surface area contributed by atoms with E-state index in [4.69, 9.17) is 0 Å². The number of rotatable bonds is 4. The molecule has 1 aromatic rings. The third-order valence-electron chi connectivity index (χ3n) is 3.92. The van der Waals surface area contributed by atoms with Gasteiger partial charge in [-0.2, -0.15) is 0 Å². The summed E-state index contributed by atoms with van der Waals surface area (Å²) < 4.78 is 0.852. The number of halogens is 1. The second kappa shape index (κ2) is 5.68. The molecule has 1 aromatic carbocycles. The number of carbonyl (C=O) groups is 2. The molecule has 0 fully saturated rings. The van der Waals surface area contributed by atoms with Crippen molar-refractivity contribution in [3.05, 3.63) is 33.3 Å². The van der Waals surface area contributed by atoms with Crippen LogP contribution in [-0.2, 0) is 25.8 Å². The van der Waals surface area contributed by atoms with Gasteiger partial charge < -0.3 is 9.59 Å². The van der Waals surface area contributed by atoms with E-state index >= 15 is 0 Å². The van der Waals surface area contributed by atoms with Crippen molar-refractivity contribution < 1.29 is 9.59 Å². The van der Waals surface area contributed by atoms with Crippen LogP contribution in [0.15, 0.2) is 16.6 Å². The van der Waals surface area contributed by atoms with Gasteiger partial charge in [0.15, 0.2) is 0 Å². The highest BCUT2D eigenvalue weighted by molar-refractivity contribution is 9.10. The second-order valence-electron chi connectivity index (χ2n) is 7.81. The van der Waals surface area contributed by atoms with Crippen molar-refractivity contribution in [2.45, 2.75) is 64.7 Å². The van der Waals surface area contributed by atoms with Crippen LogP contribution < -0.4 is 0 Å². The van der Waals surface area contributed by atoms with Gasteiger partial charge in [0, 0.05) is 15.3 Å². The summed E-state index contributed by atoms with van der Waals surface area (Å²) in [5, 5.41) is 0. The molecule has 3 heteroatoms. The molecule has 2 nitrogen and oxygen atoms in total. The fourth-order valence-corrected chi connectivity index (χ4v) is 3.37. The zero-order chi connectivity index (χ0) is 16.6. The van der Waals surface area contributed by atoms with Crippen LogP contribution in [0.3, 0.4) is 0 Å². The van der Waals surface area contributed by atoms with E-state index in [1.165, 1.54) is 0 Å². The van der Waals surface area contributed by atoms with Gasteiger partial charge in [-0.1, -0.05) is 48.8 Å². The molecule has 0 atom stereocenters. The Morgan fingerprint density at radius 3 is 1.38 bits per heavy atom. The molecule has 0 bridgehead atoms. The molecule has 0 aliphatic rings. The average molecular weight is 353 g/mol. The summed E-state index contributed by atoms with van der Waals surface area (Å²) >= 11 is 3.62. The molecular weight excluding hydrogens is 328 g/mol. The molecular formula is C18H25BrO2. The maximum atomic E-state index is 11.5. The highest BCUT2D eigenvalue weighted by Gasteiger charge is 2.31. The van der Waals surface area contributed by atoms with Gasteiger partial charge in [0.25, 0.3) is 0 Å². The number of aldehydes is 2. The summed E-state index contributed by atoms with van der Waals surface area (Å²) in [6.45, 7) is 14.0. The normalized spacial score (nSPS) is 13.1. The van der Waals surface area contributed by atoms with E-state index < -0.39 is 10.8 Å². The van der Waals surface area contributed by atoms with Crippen molar-refractivity contribution in [1.29, 1.82) is 0 Å². The van der Waals surface area contributed by atoms with E-state index in [1.54, 1.807) is 0 Å². The van der Waals surface area contributed by atoms with Gasteiger partial charge in [-0.05, 0) is 49.8 Å². The van der Waals surface area contributed by atoms with Crippen LogP contribution in [0.2, 0.25) is 0 Å². The van der Waals surface area contributed by atoms with Crippen molar-refractivity contribution in [1.82, 2.24) is 0 Å². The van der Waals surface area contributed by atoms with E-state index in [0.717, 1.165) is 33.7 Å². The maximum absolute atomic E-state index is 11.5. The van der Waals surface area contributed by atoms with E-state index in [-0.39, 0.29) is 5.41 Å². The summed E-state index contributed by atoms with van der Waals surface area (Å²) in [4.78, 5) is 23.0. The number of carbonyl (C=O) groups excluding carboxylic acids is 2. The van der Waals surface area contributed by atoms with E-state index in [1.807, 2.05) is 27.7 Å². The highest BCUT2D eigenvalue weighted by atomic mass is 79.9.